The summed E-state index contributed by atoms with van der Waals surface area (Å²) in [6.07, 6.45) is 2.21. The summed E-state index contributed by atoms with van der Waals surface area (Å²) in [4.78, 5) is 2.45. The maximum absolute atomic E-state index is 12.3. The molecule has 1 heterocycles. The summed E-state index contributed by atoms with van der Waals surface area (Å²) >= 11 is 0. The molecular formula is C15H20N2O3S. The number of methoxy groups -OCH3 is 1. The van der Waals surface area contributed by atoms with E-state index in [0.29, 0.717) is 18.2 Å². The minimum absolute atomic E-state index is 0.108. The van der Waals surface area contributed by atoms with Crippen LogP contribution in [0.15, 0.2) is 29.2 Å². The van der Waals surface area contributed by atoms with Crippen LogP contribution in [-0.4, -0.2) is 51.9 Å². The zero-order valence-electron chi connectivity index (χ0n) is 12.2. The lowest BCUT2D eigenvalue weighted by Gasteiger charge is -2.30. The van der Waals surface area contributed by atoms with Crippen molar-refractivity contribution in [2.45, 2.75) is 23.8 Å². The molecule has 0 aromatic heterocycles. The van der Waals surface area contributed by atoms with Crippen LogP contribution in [0.5, 0.6) is 0 Å². The molecule has 0 atom stereocenters. The Bertz CT molecular complexity index is 597. The van der Waals surface area contributed by atoms with Gasteiger partial charge in [-0.1, -0.05) is 0 Å². The van der Waals surface area contributed by atoms with Crippen molar-refractivity contribution in [3.63, 3.8) is 0 Å². The van der Waals surface area contributed by atoms with Crippen molar-refractivity contribution in [1.29, 1.82) is 5.26 Å². The molecule has 1 aromatic carbocycles. The highest BCUT2D eigenvalue weighted by molar-refractivity contribution is 7.91. The number of nitrogens with zero attached hydrogens (tertiary/aromatic N) is 2. The fourth-order valence-corrected chi connectivity index (χ4v) is 3.76. The summed E-state index contributed by atoms with van der Waals surface area (Å²) in [5, 5.41) is 8.73. The van der Waals surface area contributed by atoms with Gasteiger partial charge in [-0.05, 0) is 37.1 Å². The molecule has 0 bridgehead atoms. The SMILES string of the molecule is COC1CCN(CCS(=O)(=O)c2ccc(C#N)cc2)CC1. The van der Waals surface area contributed by atoms with Gasteiger partial charge in [0, 0.05) is 26.7 Å². The average molecular weight is 308 g/mol. The molecule has 1 saturated heterocycles. The second-order valence-corrected chi connectivity index (χ2v) is 7.34. The molecule has 1 fully saturated rings. The zero-order chi connectivity index (χ0) is 15.3. The molecule has 114 valence electrons. The van der Waals surface area contributed by atoms with Gasteiger partial charge in [0.15, 0.2) is 9.84 Å². The first-order valence-corrected chi connectivity index (χ1v) is 8.68. The van der Waals surface area contributed by atoms with E-state index in [2.05, 4.69) is 4.90 Å². The Morgan fingerprint density at radius 2 is 1.90 bits per heavy atom. The first kappa shape index (κ1) is 16.0. The number of benzene rings is 1. The van der Waals surface area contributed by atoms with Gasteiger partial charge in [0.2, 0.25) is 0 Å². The Balaban J connectivity index is 1.91. The van der Waals surface area contributed by atoms with Crippen molar-refractivity contribution in [2.24, 2.45) is 0 Å². The van der Waals surface area contributed by atoms with Gasteiger partial charge < -0.3 is 9.64 Å². The monoisotopic (exact) mass is 308 g/mol. The van der Waals surface area contributed by atoms with E-state index in [1.54, 1.807) is 7.11 Å². The first-order chi connectivity index (χ1) is 10.0. The Morgan fingerprint density at radius 1 is 1.29 bits per heavy atom. The number of sulfone groups is 1. The summed E-state index contributed by atoms with van der Waals surface area (Å²) < 4.78 is 29.8. The number of nitriles is 1. The van der Waals surface area contributed by atoms with Crippen molar-refractivity contribution < 1.29 is 13.2 Å². The van der Waals surface area contributed by atoms with Gasteiger partial charge in [0.05, 0.1) is 28.4 Å². The second-order valence-electron chi connectivity index (χ2n) is 5.23. The number of hydrogen-bond donors (Lipinski definition) is 0. The summed E-state index contributed by atoms with van der Waals surface area (Å²) in [7, 11) is -1.57. The van der Waals surface area contributed by atoms with Gasteiger partial charge in [-0.3, -0.25) is 0 Å². The van der Waals surface area contributed by atoms with Gasteiger partial charge >= 0.3 is 0 Å². The average Bonchev–Trinajstić information content (AvgIpc) is 2.53. The molecule has 2 rings (SSSR count). The van der Waals surface area contributed by atoms with Crippen LogP contribution in [0.1, 0.15) is 18.4 Å². The molecule has 6 heteroatoms. The van der Waals surface area contributed by atoms with Crippen LogP contribution in [0.4, 0.5) is 0 Å². The predicted octanol–water partition coefficient (Wildman–Crippen LogP) is 1.44. The summed E-state index contributed by atoms with van der Waals surface area (Å²) in [5.41, 5.74) is 0.468. The predicted molar refractivity (Wildman–Crippen MR) is 79.7 cm³/mol. The highest BCUT2D eigenvalue weighted by atomic mass is 32.2. The molecule has 21 heavy (non-hydrogen) atoms. The number of hydrogen-bond acceptors (Lipinski definition) is 5. The zero-order valence-corrected chi connectivity index (χ0v) is 13.0. The van der Waals surface area contributed by atoms with Crippen LogP contribution in [0.2, 0.25) is 0 Å². The Morgan fingerprint density at radius 3 is 2.43 bits per heavy atom. The van der Waals surface area contributed by atoms with E-state index in [-0.39, 0.29) is 10.6 Å². The number of rotatable bonds is 5. The largest absolute Gasteiger partial charge is 0.381 e. The smallest absolute Gasteiger partial charge is 0.179 e. The van der Waals surface area contributed by atoms with E-state index in [4.69, 9.17) is 10.00 Å². The molecule has 0 saturated carbocycles. The van der Waals surface area contributed by atoms with Gasteiger partial charge in [-0.15, -0.1) is 0 Å². The molecule has 0 aliphatic carbocycles. The fraction of sp³-hybridized carbons (Fsp3) is 0.533. The van der Waals surface area contributed by atoms with Crippen LogP contribution in [0, 0.1) is 11.3 Å². The van der Waals surface area contributed by atoms with E-state index < -0.39 is 9.84 Å². The molecule has 5 nitrogen and oxygen atoms in total. The van der Waals surface area contributed by atoms with Crippen LogP contribution >= 0.6 is 0 Å². The Kier molecular flexibility index (Phi) is 5.34. The minimum Gasteiger partial charge on any atom is -0.381 e. The van der Waals surface area contributed by atoms with Gasteiger partial charge in [-0.25, -0.2) is 8.42 Å². The number of ether oxygens (including phenoxy) is 1. The Labute approximate surface area is 126 Å². The lowest BCUT2D eigenvalue weighted by atomic mass is 10.1. The number of likely N-dealkylation sites (tertiary alicyclic amines) is 1. The third-order valence-electron chi connectivity index (χ3n) is 3.89. The fourth-order valence-electron chi connectivity index (χ4n) is 2.47. The molecule has 1 aromatic rings. The lowest BCUT2D eigenvalue weighted by Crippen LogP contribution is -2.39. The van der Waals surface area contributed by atoms with Crippen LogP contribution in [-0.2, 0) is 14.6 Å². The van der Waals surface area contributed by atoms with Crippen LogP contribution in [0.25, 0.3) is 0 Å². The molecule has 1 aliphatic heterocycles. The van der Waals surface area contributed by atoms with E-state index in [0.717, 1.165) is 25.9 Å². The first-order valence-electron chi connectivity index (χ1n) is 7.03. The topological polar surface area (TPSA) is 70.4 Å². The van der Waals surface area contributed by atoms with Crippen molar-refractivity contribution in [3.05, 3.63) is 29.8 Å². The second kappa shape index (κ2) is 7.03. The Hall–Kier alpha value is -1.42. The third-order valence-corrected chi connectivity index (χ3v) is 5.60. The molecule has 0 amide bonds. The quantitative estimate of drug-likeness (QED) is 0.823. The molecule has 0 radical (unpaired) electrons. The maximum Gasteiger partial charge on any atom is 0.179 e. The van der Waals surface area contributed by atoms with E-state index in [1.165, 1.54) is 24.3 Å². The number of piperidine rings is 1. The van der Waals surface area contributed by atoms with Crippen molar-refractivity contribution in [3.8, 4) is 6.07 Å². The third kappa shape index (κ3) is 4.27. The normalized spacial score (nSPS) is 17.5. The molecular weight excluding hydrogens is 288 g/mol. The van der Waals surface area contributed by atoms with E-state index >= 15 is 0 Å². The van der Waals surface area contributed by atoms with Crippen LogP contribution in [0.3, 0.4) is 0 Å². The van der Waals surface area contributed by atoms with Gasteiger partial charge in [0.25, 0.3) is 0 Å². The maximum atomic E-state index is 12.3. The summed E-state index contributed by atoms with van der Waals surface area (Å²) in [6.45, 7) is 2.29. The minimum atomic E-state index is -3.29. The van der Waals surface area contributed by atoms with Crippen molar-refractivity contribution >= 4 is 9.84 Å². The molecule has 0 spiro atoms. The van der Waals surface area contributed by atoms with E-state index in [9.17, 15) is 8.42 Å². The van der Waals surface area contributed by atoms with Crippen LogP contribution < -0.4 is 0 Å². The van der Waals surface area contributed by atoms with Gasteiger partial charge in [-0.2, -0.15) is 5.26 Å². The summed E-state index contributed by atoms with van der Waals surface area (Å²) in [6, 6.07) is 8.07. The molecule has 0 unspecified atom stereocenters. The molecule has 0 N–H and O–H groups in total. The highest BCUT2D eigenvalue weighted by Gasteiger charge is 2.21. The highest BCUT2D eigenvalue weighted by Crippen LogP contribution is 2.15. The summed E-state index contributed by atoms with van der Waals surface area (Å²) in [5.74, 6) is 0.108. The van der Waals surface area contributed by atoms with E-state index in [1.807, 2.05) is 6.07 Å². The van der Waals surface area contributed by atoms with Crippen molar-refractivity contribution in [2.75, 3.05) is 32.5 Å². The van der Waals surface area contributed by atoms with Crippen molar-refractivity contribution in [1.82, 2.24) is 4.90 Å². The lowest BCUT2D eigenvalue weighted by molar-refractivity contribution is 0.0429. The molecule has 1 aliphatic rings. The van der Waals surface area contributed by atoms with Gasteiger partial charge in [0.1, 0.15) is 0 Å². The standard InChI is InChI=1S/C15H20N2O3S/c1-20-14-6-8-17(9-7-14)10-11-21(18,19)15-4-2-13(12-16)3-5-15/h2-5,14H,6-11H2,1H3.